The highest BCUT2D eigenvalue weighted by Crippen LogP contribution is 2.29. The largest absolute Gasteiger partial charge is 0.355 e. The number of piperidine rings is 1. The molecular weight excluding hydrogens is 200 g/mol. The fraction of sp³-hybridized carbons (Fsp3) is 0.923. The monoisotopic (exact) mass is 224 g/mol. The normalized spacial score (nSPS) is 25.6. The second kappa shape index (κ2) is 5.17. The molecule has 3 nitrogen and oxygen atoms in total. The van der Waals surface area contributed by atoms with Gasteiger partial charge in [-0.05, 0) is 44.7 Å². The molecule has 1 aliphatic carbocycles. The zero-order valence-electron chi connectivity index (χ0n) is 10.3. The van der Waals surface area contributed by atoms with Crippen LogP contribution in [0.3, 0.4) is 0 Å². The summed E-state index contributed by atoms with van der Waals surface area (Å²) in [7, 11) is 0. The Morgan fingerprint density at radius 1 is 1.31 bits per heavy atom. The van der Waals surface area contributed by atoms with Crippen molar-refractivity contribution in [1.29, 1.82) is 0 Å². The fourth-order valence-corrected chi connectivity index (χ4v) is 2.87. The maximum Gasteiger partial charge on any atom is 0.226 e. The molecule has 2 N–H and O–H groups in total. The van der Waals surface area contributed by atoms with Gasteiger partial charge in [0.25, 0.3) is 0 Å². The zero-order chi connectivity index (χ0) is 11.4. The van der Waals surface area contributed by atoms with Crippen molar-refractivity contribution in [1.82, 2.24) is 10.6 Å². The Balaban J connectivity index is 1.77. The van der Waals surface area contributed by atoms with Gasteiger partial charge >= 0.3 is 0 Å². The van der Waals surface area contributed by atoms with E-state index in [2.05, 4.69) is 17.6 Å². The Bertz CT molecular complexity index is 240. The van der Waals surface area contributed by atoms with Crippen LogP contribution in [0.4, 0.5) is 0 Å². The number of hydrogen-bond acceptors (Lipinski definition) is 2. The molecule has 3 heteroatoms. The van der Waals surface area contributed by atoms with Gasteiger partial charge in [-0.2, -0.15) is 0 Å². The van der Waals surface area contributed by atoms with Crippen LogP contribution in [0.5, 0.6) is 0 Å². The maximum absolute atomic E-state index is 12.1. The SMILES string of the molecule is CC1(C(=O)NCC2CCCC2)CCNCC1. The van der Waals surface area contributed by atoms with E-state index in [0.29, 0.717) is 0 Å². The summed E-state index contributed by atoms with van der Waals surface area (Å²) in [6.45, 7) is 4.97. The van der Waals surface area contributed by atoms with Crippen molar-refractivity contribution in [2.24, 2.45) is 11.3 Å². The molecular formula is C13H24N2O. The van der Waals surface area contributed by atoms with E-state index in [1.54, 1.807) is 0 Å². The minimum absolute atomic E-state index is 0.121. The molecule has 92 valence electrons. The van der Waals surface area contributed by atoms with Crippen molar-refractivity contribution in [3.05, 3.63) is 0 Å². The molecule has 1 saturated heterocycles. The maximum atomic E-state index is 12.1. The third-order valence-corrected chi connectivity index (χ3v) is 4.28. The summed E-state index contributed by atoms with van der Waals surface area (Å²) < 4.78 is 0. The number of nitrogens with one attached hydrogen (secondary N) is 2. The van der Waals surface area contributed by atoms with Crippen molar-refractivity contribution < 1.29 is 4.79 Å². The van der Waals surface area contributed by atoms with Crippen molar-refractivity contribution in [3.63, 3.8) is 0 Å². The lowest BCUT2D eigenvalue weighted by molar-refractivity contribution is -0.131. The van der Waals surface area contributed by atoms with Crippen LogP contribution in [0, 0.1) is 11.3 Å². The number of carbonyl (C=O) groups excluding carboxylic acids is 1. The van der Waals surface area contributed by atoms with E-state index in [1.165, 1.54) is 25.7 Å². The van der Waals surface area contributed by atoms with E-state index in [9.17, 15) is 4.79 Å². The summed E-state index contributed by atoms with van der Waals surface area (Å²) in [5.41, 5.74) is -0.121. The summed E-state index contributed by atoms with van der Waals surface area (Å²) in [6, 6.07) is 0. The average molecular weight is 224 g/mol. The van der Waals surface area contributed by atoms with Gasteiger partial charge in [-0.15, -0.1) is 0 Å². The lowest BCUT2D eigenvalue weighted by atomic mass is 9.80. The third-order valence-electron chi connectivity index (χ3n) is 4.28. The summed E-state index contributed by atoms with van der Waals surface area (Å²) in [4.78, 5) is 12.1. The molecule has 16 heavy (non-hydrogen) atoms. The topological polar surface area (TPSA) is 41.1 Å². The molecule has 1 amide bonds. The van der Waals surface area contributed by atoms with Crippen LogP contribution in [-0.2, 0) is 4.79 Å². The lowest BCUT2D eigenvalue weighted by Crippen LogP contribution is -2.46. The predicted molar refractivity (Wildman–Crippen MR) is 65.2 cm³/mol. The van der Waals surface area contributed by atoms with Crippen molar-refractivity contribution >= 4 is 5.91 Å². The summed E-state index contributed by atoms with van der Waals surface area (Å²) in [5.74, 6) is 1.02. The van der Waals surface area contributed by atoms with Crippen molar-refractivity contribution in [3.8, 4) is 0 Å². The molecule has 2 aliphatic rings. The van der Waals surface area contributed by atoms with E-state index in [4.69, 9.17) is 0 Å². The fourth-order valence-electron chi connectivity index (χ4n) is 2.87. The number of amides is 1. The van der Waals surface area contributed by atoms with Crippen LogP contribution in [0.2, 0.25) is 0 Å². The van der Waals surface area contributed by atoms with Crippen LogP contribution in [0.15, 0.2) is 0 Å². The average Bonchev–Trinajstić information content (AvgIpc) is 2.79. The summed E-state index contributed by atoms with van der Waals surface area (Å²) in [6.07, 6.45) is 7.26. The Morgan fingerprint density at radius 3 is 2.56 bits per heavy atom. The molecule has 0 aromatic rings. The minimum Gasteiger partial charge on any atom is -0.355 e. The molecule has 0 radical (unpaired) electrons. The van der Waals surface area contributed by atoms with Crippen LogP contribution >= 0.6 is 0 Å². The molecule has 0 aromatic carbocycles. The van der Waals surface area contributed by atoms with E-state index in [0.717, 1.165) is 38.4 Å². The van der Waals surface area contributed by atoms with E-state index in [1.807, 2.05) is 0 Å². The molecule has 0 aromatic heterocycles. The van der Waals surface area contributed by atoms with Gasteiger partial charge in [-0.3, -0.25) is 4.79 Å². The van der Waals surface area contributed by atoms with Crippen molar-refractivity contribution in [2.45, 2.75) is 45.4 Å². The number of carbonyl (C=O) groups is 1. The Kier molecular flexibility index (Phi) is 3.85. The first-order valence-electron chi connectivity index (χ1n) is 6.70. The first kappa shape index (κ1) is 11.9. The molecule has 2 rings (SSSR count). The van der Waals surface area contributed by atoms with Gasteiger partial charge in [0.05, 0.1) is 0 Å². The van der Waals surface area contributed by atoms with Crippen LogP contribution in [0.1, 0.15) is 45.4 Å². The number of rotatable bonds is 3. The Labute approximate surface area is 98.4 Å². The molecule has 1 saturated carbocycles. The van der Waals surface area contributed by atoms with E-state index >= 15 is 0 Å². The van der Waals surface area contributed by atoms with Crippen LogP contribution in [-0.4, -0.2) is 25.5 Å². The predicted octanol–water partition coefficient (Wildman–Crippen LogP) is 1.68. The summed E-state index contributed by atoms with van der Waals surface area (Å²) >= 11 is 0. The standard InChI is InChI=1S/C13H24N2O/c1-13(6-8-14-9-7-13)12(16)15-10-11-4-2-3-5-11/h11,14H,2-10H2,1H3,(H,15,16). The molecule has 1 aliphatic heterocycles. The van der Waals surface area contributed by atoms with Gasteiger partial charge in [0.2, 0.25) is 5.91 Å². The minimum atomic E-state index is -0.121. The molecule has 0 bridgehead atoms. The zero-order valence-corrected chi connectivity index (χ0v) is 10.3. The van der Waals surface area contributed by atoms with Gasteiger partial charge in [0.15, 0.2) is 0 Å². The quantitative estimate of drug-likeness (QED) is 0.766. The van der Waals surface area contributed by atoms with E-state index in [-0.39, 0.29) is 11.3 Å². The molecule has 2 fully saturated rings. The Morgan fingerprint density at radius 2 is 1.94 bits per heavy atom. The van der Waals surface area contributed by atoms with E-state index < -0.39 is 0 Å². The van der Waals surface area contributed by atoms with Gasteiger partial charge in [0.1, 0.15) is 0 Å². The highest BCUT2D eigenvalue weighted by molar-refractivity contribution is 5.82. The number of hydrogen-bond donors (Lipinski definition) is 2. The second-order valence-electron chi connectivity index (χ2n) is 5.67. The highest BCUT2D eigenvalue weighted by Gasteiger charge is 2.34. The first-order chi connectivity index (χ1) is 7.71. The highest BCUT2D eigenvalue weighted by atomic mass is 16.2. The first-order valence-corrected chi connectivity index (χ1v) is 6.70. The smallest absolute Gasteiger partial charge is 0.226 e. The lowest BCUT2D eigenvalue weighted by Gasteiger charge is -2.32. The van der Waals surface area contributed by atoms with Gasteiger partial charge in [-0.1, -0.05) is 19.8 Å². The molecule has 0 spiro atoms. The molecule has 0 atom stereocenters. The third kappa shape index (κ3) is 2.76. The van der Waals surface area contributed by atoms with Gasteiger partial charge in [0, 0.05) is 12.0 Å². The molecule has 1 heterocycles. The van der Waals surface area contributed by atoms with Crippen molar-refractivity contribution in [2.75, 3.05) is 19.6 Å². The van der Waals surface area contributed by atoms with Crippen LogP contribution < -0.4 is 10.6 Å². The summed E-state index contributed by atoms with van der Waals surface area (Å²) in [5, 5.41) is 6.48. The molecule has 0 unspecified atom stereocenters. The van der Waals surface area contributed by atoms with Crippen LogP contribution in [0.25, 0.3) is 0 Å². The second-order valence-corrected chi connectivity index (χ2v) is 5.67. The van der Waals surface area contributed by atoms with Gasteiger partial charge in [-0.25, -0.2) is 0 Å². The van der Waals surface area contributed by atoms with Gasteiger partial charge < -0.3 is 10.6 Å². The Hall–Kier alpha value is -0.570.